The number of anilines is 1. The van der Waals surface area contributed by atoms with Crippen LogP contribution in [0.2, 0.25) is 0 Å². The Morgan fingerprint density at radius 3 is 2.43 bits per heavy atom. The smallest absolute Gasteiger partial charge is 0.243 e. The predicted molar refractivity (Wildman–Crippen MR) is 107 cm³/mol. The molecular weight excluding hydrogens is 378 g/mol. The van der Waals surface area contributed by atoms with Gasteiger partial charge >= 0.3 is 0 Å². The van der Waals surface area contributed by atoms with Crippen LogP contribution in [-0.4, -0.2) is 50.7 Å². The molecule has 0 aromatic heterocycles. The monoisotopic (exact) mass is 405 g/mol. The summed E-state index contributed by atoms with van der Waals surface area (Å²) in [5.74, 6) is -0.0439. The highest BCUT2D eigenvalue weighted by Crippen LogP contribution is 2.32. The van der Waals surface area contributed by atoms with Crippen LogP contribution in [0.5, 0.6) is 0 Å². The third-order valence-electron chi connectivity index (χ3n) is 5.34. The number of benzene rings is 1. The molecule has 28 heavy (non-hydrogen) atoms. The van der Waals surface area contributed by atoms with Crippen molar-refractivity contribution in [2.24, 2.45) is 5.92 Å². The van der Waals surface area contributed by atoms with Gasteiger partial charge in [0.1, 0.15) is 0 Å². The molecule has 3 rings (SSSR count). The van der Waals surface area contributed by atoms with Gasteiger partial charge in [-0.05, 0) is 62.4 Å². The standard InChI is InChI=1S/C20H27N3O4S/c1-3-19(24)21-16-5-4-13-23(14-12-16)28(26,27)18-10-8-17(9-11-18)22(2)20(25)15-6-7-15/h3,8-11,15-16H,1,4-7,12-14H2,2H3,(H,21,24). The second-order valence-corrected chi connectivity index (χ2v) is 9.35. The van der Waals surface area contributed by atoms with Gasteiger partial charge in [-0.3, -0.25) is 9.59 Å². The molecule has 152 valence electrons. The number of carbonyl (C=O) groups excluding carboxylic acids is 2. The number of sulfonamides is 1. The zero-order valence-corrected chi connectivity index (χ0v) is 17.0. The summed E-state index contributed by atoms with van der Waals surface area (Å²) in [6.45, 7) is 4.22. The maximum absolute atomic E-state index is 13.0. The summed E-state index contributed by atoms with van der Waals surface area (Å²) in [6.07, 6.45) is 5.07. The van der Waals surface area contributed by atoms with Crippen molar-refractivity contribution in [2.75, 3.05) is 25.0 Å². The SMILES string of the molecule is C=CC(=O)NC1CCCN(S(=O)(=O)c2ccc(N(C)C(=O)C3CC3)cc2)CC1. The molecule has 1 aromatic carbocycles. The molecule has 1 N–H and O–H groups in total. The highest BCUT2D eigenvalue weighted by atomic mass is 32.2. The molecule has 2 fully saturated rings. The number of rotatable bonds is 6. The summed E-state index contributed by atoms with van der Waals surface area (Å²) >= 11 is 0. The Kier molecular flexibility index (Phi) is 6.20. The van der Waals surface area contributed by atoms with Crippen molar-refractivity contribution in [3.63, 3.8) is 0 Å². The number of hydrogen-bond donors (Lipinski definition) is 1. The Balaban J connectivity index is 1.67. The van der Waals surface area contributed by atoms with E-state index in [0.717, 1.165) is 19.3 Å². The van der Waals surface area contributed by atoms with Crippen LogP contribution in [-0.2, 0) is 19.6 Å². The van der Waals surface area contributed by atoms with Crippen molar-refractivity contribution in [1.82, 2.24) is 9.62 Å². The quantitative estimate of drug-likeness (QED) is 0.733. The zero-order chi connectivity index (χ0) is 20.3. The van der Waals surface area contributed by atoms with E-state index in [1.165, 1.54) is 10.4 Å². The van der Waals surface area contributed by atoms with Gasteiger partial charge in [0, 0.05) is 37.8 Å². The minimum atomic E-state index is -3.61. The third kappa shape index (κ3) is 4.62. The topological polar surface area (TPSA) is 86.8 Å². The van der Waals surface area contributed by atoms with E-state index in [4.69, 9.17) is 0 Å². The molecular formula is C20H27N3O4S. The summed E-state index contributed by atoms with van der Waals surface area (Å²) in [5.41, 5.74) is 0.693. The molecule has 2 amide bonds. The number of amides is 2. The first-order valence-corrected chi connectivity index (χ1v) is 11.1. The van der Waals surface area contributed by atoms with Crippen molar-refractivity contribution in [1.29, 1.82) is 0 Å². The normalized spacial score (nSPS) is 20.8. The van der Waals surface area contributed by atoms with Crippen LogP contribution in [0.1, 0.15) is 32.1 Å². The summed E-state index contributed by atoms with van der Waals surface area (Å²) in [7, 11) is -1.89. The van der Waals surface area contributed by atoms with Gasteiger partial charge in [-0.25, -0.2) is 8.42 Å². The van der Waals surface area contributed by atoms with Crippen LogP contribution in [0.25, 0.3) is 0 Å². The van der Waals surface area contributed by atoms with E-state index < -0.39 is 10.0 Å². The molecule has 8 heteroatoms. The molecule has 1 aliphatic heterocycles. The summed E-state index contributed by atoms with van der Waals surface area (Å²) < 4.78 is 27.5. The minimum absolute atomic E-state index is 0.0461. The van der Waals surface area contributed by atoms with Gasteiger partial charge in [0.05, 0.1) is 4.90 Å². The third-order valence-corrected chi connectivity index (χ3v) is 7.25. The van der Waals surface area contributed by atoms with Gasteiger partial charge in [-0.15, -0.1) is 0 Å². The number of nitrogens with zero attached hydrogens (tertiary/aromatic N) is 2. The molecule has 1 heterocycles. The van der Waals surface area contributed by atoms with E-state index in [0.29, 0.717) is 31.6 Å². The average Bonchev–Trinajstić information content (AvgIpc) is 3.54. The van der Waals surface area contributed by atoms with E-state index in [1.54, 1.807) is 36.2 Å². The van der Waals surface area contributed by atoms with Gasteiger partial charge in [-0.2, -0.15) is 4.31 Å². The highest BCUT2D eigenvalue weighted by molar-refractivity contribution is 7.89. The van der Waals surface area contributed by atoms with E-state index in [2.05, 4.69) is 11.9 Å². The van der Waals surface area contributed by atoms with Gasteiger partial charge in [0.25, 0.3) is 0 Å². The largest absolute Gasteiger partial charge is 0.350 e. The van der Waals surface area contributed by atoms with Crippen LogP contribution in [0.15, 0.2) is 41.8 Å². The molecule has 0 bridgehead atoms. The molecule has 1 unspecified atom stereocenters. The molecule has 7 nitrogen and oxygen atoms in total. The van der Waals surface area contributed by atoms with Crippen LogP contribution in [0.4, 0.5) is 5.69 Å². The molecule has 1 aromatic rings. The van der Waals surface area contributed by atoms with Crippen molar-refractivity contribution in [3.05, 3.63) is 36.9 Å². The Bertz CT molecular complexity index is 847. The number of nitrogens with one attached hydrogen (secondary N) is 1. The molecule has 0 radical (unpaired) electrons. The number of hydrogen-bond acceptors (Lipinski definition) is 4. The Labute approximate surface area is 166 Å². The molecule has 0 spiro atoms. The lowest BCUT2D eigenvalue weighted by Gasteiger charge is -2.21. The summed E-state index contributed by atoms with van der Waals surface area (Å²) in [4.78, 5) is 25.5. The summed E-state index contributed by atoms with van der Waals surface area (Å²) in [6, 6.07) is 6.43. The Morgan fingerprint density at radius 2 is 1.82 bits per heavy atom. The lowest BCUT2D eigenvalue weighted by atomic mass is 10.1. The Hall–Kier alpha value is -2.19. The van der Waals surface area contributed by atoms with E-state index in [-0.39, 0.29) is 28.7 Å². The van der Waals surface area contributed by atoms with Crippen LogP contribution in [0, 0.1) is 5.92 Å². The second kappa shape index (κ2) is 8.45. The lowest BCUT2D eigenvalue weighted by molar-refractivity contribution is -0.119. The first-order chi connectivity index (χ1) is 13.3. The molecule has 1 aliphatic carbocycles. The second-order valence-electron chi connectivity index (χ2n) is 7.41. The van der Waals surface area contributed by atoms with Crippen molar-refractivity contribution in [2.45, 2.75) is 43.0 Å². The first-order valence-electron chi connectivity index (χ1n) is 9.63. The molecule has 1 saturated heterocycles. The molecule has 1 saturated carbocycles. The van der Waals surface area contributed by atoms with Crippen LogP contribution < -0.4 is 10.2 Å². The first kappa shape index (κ1) is 20.5. The summed E-state index contributed by atoms with van der Waals surface area (Å²) in [5, 5.41) is 2.85. The zero-order valence-electron chi connectivity index (χ0n) is 16.1. The van der Waals surface area contributed by atoms with E-state index in [1.807, 2.05) is 0 Å². The molecule has 1 atom stereocenters. The predicted octanol–water partition coefficient (Wildman–Crippen LogP) is 1.90. The van der Waals surface area contributed by atoms with Crippen molar-refractivity contribution in [3.8, 4) is 0 Å². The van der Waals surface area contributed by atoms with E-state index >= 15 is 0 Å². The van der Waals surface area contributed by atoms with Crippen molar-refractivity contribution < 1.29 is 18.0 Å². The van der Waals surface area contributed by atoms with Crippen LogP contribution >= 0.6 is 0 Å². The van der Waals surface area contributed by atoms with E-state index in [9.17, 15) is 18.0 Å². The number of carbonyl (C=O) groups is 2. The fourth-order valence-electron chi connectivity index (χ4n) is 3.44. The highest BCUT2D eigenvalue weighted by Gasteiger charge is 2.33. The van der Waals surface area contributed by atoms with Gasteiger partial charge in [-0.1, -0.05) is 6.58 Å². The lowest BCUT2D eigenvalue weighted by Crippen LogP contribution is -2.36. The maximum atomic E-state index is 13.0. The molecule has 2 aliphatic rings. The fraction of sp³-hybridized carbons (Fsp3) is 0.500. The van der Waals surface area contributed by atoms with Crippen LogP contribution in [0.3, 0.4) is 0 Å². The van der Waals surface area contributed by atoms with Gasteiger partial charge in [0.15, 0.2) is 0 Å². The van der Waals surface area contributed by atoms with Crippen molar-refractivity contribution >= 4 is 27.5 Å². The van der Waals surface area contributed by atoms with Gasteiger partial charge in [0.2, 0.25) is 21.8 Å². The maximum Gasteiger partial charge on any atom is 0.243 e. The fourth-order valence-corrected chi connectivity index (χ4v) is 4.93. The average molecular weight is 406 g/mol. The van der Waals surface area contributed by atoms with Gasteiger partial charge < -0.3 is 10.2 Å². The Morgan fingerprint density at radius 1 is 1.14 bits per heavy atom. The minimum Gasteiger partial charge on any atom is -0.350 e.